The van der Waals surface area contributed by atoms with E-state index in [4.69, 9.17) is 0 Å². The third kappa shape index (κ3) is 4.95. The van der Waals surface area contributed by atoms with Crippen LogP contribution in [0.3, 0.4) is 0 Å². The lowest BCUT2D eigenvalue weighted by Crippen LogP contribution is -2.06. The quantitative estimate of drug-likeness (QED) is 0.467. The molecule has 0 nitrogen and oxygen atoms in total. The predicted molar refractivity (Wildman–Crippen MR) is 77.3 cm³/mol. The molecular weight excluding hydrogens is 212 g/mol. The first-order valence-corrected chi connectivity index (χ1v) is 7.69. The highest BCUT2D eigenvalue weighted by molar-refractivity contribution is 7.80. The summed E-state index contributed by atoms with van der Waals surface area (Å²) in [4.78, 5) is 0. The lowest BCUT2D eigenvalue weighted by atomic mass is 9.85. The normalized spacial score (nSPS) is 19.7. The molecule has 0 aromatic carbocycles. The van der Waals surface area contributed by atoms with Crippen LogP contribution in [0.25, 0.3) is 0 Å². The Bertz CT molecular complexity index is 205. The van der Waals surface area contributed by atoms with Gasteiger partial charge < -0.3 is 0 Å². The van der Waals surface area contributed by atoms with Crippen LogP contribution in [-0.2, 0) is 0 Å². The van der Waals surface area contributed by atoms with Crippen LogP contribution in [0.15, 0.2) is 11.1 Å². The van der Waals surface area contributed by atoms with E-state index in [0.717, 1.165) is 11.7 Å². The highest BCUT2D eigenvalue weighted by Gasteiger charge is 2.12. The first-order valence-electron chi connectivity index (χ1n) is 7.06. The van der Waals surface area contributed by atoms with Crippen LogP contribution in [0.4, 0.5) is 0 Å². The van der Waals surface area contributed by atoms with E-state index < -0.39 is 0 Å². The number of rotatable bonds is 6. The molecule has 16 heavy (non-hydrogen) atoms. The Kier molecular flexibility index (Phi) is 7.27. The highest BCUT2D eigenvalue weighted by atomic mass is 32.1. The molecule has 0 bridgehead atoms. The van der Waals surface area contributed by atoms with Crippen LogP contribution in [0.5, 0.6) is 0 Å². The van der Waals surface area contributed by atoms with Crippen LogP contribution >= 0.6 is 12.6 Å². The molecule has 0 atom stereocenters. The van der Waals surface area contributed by atoms with Crippen LogP contribution < -0.4 is 0 Å². The van der Waals surface area contributed by atoms with E-state index in [-0.39, 0.29) is 0 Å². The molecule has 0 aromatic rings. The van der Waals surface area contributed by atoms with Gasteiger partial charge in [0, 0.05) is 5.75 Å². The molecule has 94 valence electrons. The maximum atomic E-state index is 4.40. The topological polar surface area (TPSA) is 0 Å². The molecule has 0 N–H and O–H groups in total. The Balaban J connectivity index is 2.20. The first kappa shape index (κ1) is 14.2. The van der Waals surface area contributed by atoms with Crippen molar-refractivity contribution in [2.45, 2.75) is 71.6 Å². The molecule has 0 heterocycles. The Labute approximate surface area is 107 Å². The molecule has 1 aliphatic rings. The summed E-state index contributed by atoms with van der Waals surface area (Å²) >= 11 is 4.40. The van der Waals surface area contributed by atoms with Crippen molar-refractivity contribution >= 4 is 12.6 Å². The summed E-state index contributed by atoms with van der Waals surface area (Å²) in [5.74, 6) is 1.99. The lowest BCUT2D eigenvalue weighted by molar-refractivity contribution is 0.332. The van der Waals surface area contributed by atoms with E-state index in [1.807, 2.05) is 0 Å². The van der Waals surface area contributed by atoms with Crippen molar-refractivity contribution in [2.75, 3.05) is 5.75 Å². The van der Waals surface area contributed by atoms with Gasteiger partial charge in [0.15, 0.2) is 0 Å². The van der Waals surface area contributed by atoms with Crippen LogP contribution in [-0.4, -0.2) is 5.75 Å². The summed E-state index contributed by atoms with van der Waals surface area (Å²) in [5, 5.41) is 0. The van der Waals surface area contributed by atoms with Crippen molar-refractivity contribution in [1.29, 1.82) is 0 Å². The molecule has 1 saturated carbocycles. The van der Waals surface area contributed by atoms with Crippen LogP contribution in [0, 0.1) is 5.92 Å². The summed E-state index contributed by atoms with van der Waals surface area (Å²) in [5.41, 5.74) is 3.17. The number of thiol groups is 1. The second-order valence-electron chi connectivity index (χ2n) is 5.29. The average Bonchev–Trinajstić information content (AvgIpc) is 2.32. The first-order chi connectivity index (χ1) is 7.77. The van der Waals surface area contributed by atoms with Crippen molar-refractivity contribution in [3.63, 3.8) is 0 Å². The minimum absolute atomic E-state index is 0.950. The maximum absolute atomic E-state index is 4.40. The zero-order valence-electron chi connectivity index (χ0n) is 11.1. The molecule has 0 amide bonds. The predicted octanol–water partition coefficient (Wildman–Crippen LogP) is 5.39. The van der Waals surface area contributed by atoms with Gasteiger partial charge in [0.05, 0.1) is 0 Å². The maximum Gasteiger partial charge on any atom is 0.0115 e. The van der Waals surface area contributed by atoms with Crippen molar-refractivity contribution in [3.05, 3.63) is 11.1 Å². The van der Waals surface area contributed by atoms with Crippen LogP contribution in [0.1, 0.15) is 71.6 Å². The Morgan fingerprint density at radius 2 is 1.88 bits per heavy atom. The lowest BCUT2D eigenvalue weighted by Gasteiger charge is -2.21. The van der Waals surface area contributed by atoms with E-state index in [2.05, 4.69) is 26.5 Å². The average molecular weight is 240 g/mol. The highest BCUT2D eigenvalue weighted by Crippen LogP contribution is 2.28. The van der Waals surface area contributed by atoms with E-state index >= 15 is 0 Å². The smallest absolute Gasteiger partial charge is 0.0115 e. The molecule has 1 aliphatic carbocycles. The third-order valence-electron chi connectivity index (χ3n) is 4.11. The summed E-state index contributed by atoms with van der Waals surface area (Å²) in [7, 11) is 0. The third-order valence-corrected chi connectivity index (χ3v) is 4.49. The van der Waals surface area contributed by atoms with Crippen molar-refractivity contribution in [2.24, 2.45) is 5.92 Å². The fourth-order valence-electron chi connectivity index (χ4n) is 2.86. The second-order valence-corrected chi connectivity index (χ2v) is 5.61. The molecule has 0 radical (unpaired) electrons. The molecule has 0 aromatic heterocycles. The van der Waals surface area contributed by atoms with Gasteiger partial charge in [-0.2, -0.15) is 12.6 Å². The molecule has 1 rings (SSSR count). The fraction of sp³-hybridized carbons (Fsp3) is 0.867. The minimum atomic E-state index is 0.950. The van der Waals surface area contributed by atoms with E-state index in [9.17, 15) is 0 Å². The Morgan fingerprint density at radius 1 is 1.19 bits per heavy atom. The molecular formula is C15H28S. The van der Waals surface area contributed by atoms with E-state index in [1.165, 1.54) is 57.8 Å². The van der Waals surface area contributed by atoms with Gasteiger partial charge in [-0.05, 0) is 32.1 Å². The van der Waals surface area contributed by atoms with Gasteiger partial charge in [0.25, 0.3) is 0 Å². The number of hydrogen-bond donors (Lipinski definition) is 1. The summed E-state index contributed by atoms with van der Waals surface area (Å²) in [6.07, 6.45) is 12.8. The van der Waals surface area contributed by atoms with Crippen molar-refractivity contribution < 1.29 is 0 Å². The van der Waals surface area contributed by atoms with Gasteiger partial charge in [-0.15, -0.1) is 0 Å². The largest absolute Gasteiger partial charge is 0.175 e. The SMILES string of the molecule is CC/C(CS)=C(/C)CCCC1CCCCC1. The summed E-state index contributed by atoms with van der Waals surface area (Å²) in [6, 6.07) is 0. The van der Waals surface area contributed by atoms with Gasteiger partial charge in [-0.25, -0.2) is 0 Å². The molecule has 0 saturated heterocycles. The van der Waals surface area contributed by atoms with Gasteiger partial charge in [-0.1, -0.05) is 56.6 Å². The molecule has 0 spiro atoms. The zero-order chi connectivity index (χ0) is 11.8. The summed E-state index contributed by atoms with van der Waals surface area (Å²) < 4.78 is 0. The van der Waals surface area contributed by atoms with Gasteiger partial charge in [0.1, 0.15) is 0 Å². The zero-order valence-corrected chi connectivity index (χ0v) is 12.0. The second kappa shape index (κ2) is 8.22. The molecule has 1 heteroatoms. The number of hydrogen-bond acceptors (Lipinski definition) is 1. The fourth-order valence-corrected chi connectivity index (χ4v) is 3.35. The van der Waals surface area contributed by atoms with Gasteiger partial charge in [0.2, 0.25) is 0 Å². The van der Waals surface area contributed by atoms with E-state index in [1.54, 1.807) is 11.1 Å². The Morgan fingerprint density at radius 3 is 2.44 bits per heavy atom. The summed E-state index contributed by atoms with van der Waals surface area (Å²) in [6.45, 7) is 4.55. The standard InChI is InChI=1S/C15H28S/c1-3-15(12-16)13(2)8-7-11-14-9-5-4-6-10-14/h14,16H,3-12H2,1-2H3/b15-13+. The van der Waals surface area contributed by atoms with Gasteiger partial charge >= 0.3 is 0 Å². The van der Waals surface area contributed by atoms with Crippen LogP contribution in [0.2, 0.25) is 0 Å². The Hall–Kier alpha value is 0.0900. The number of allylic oxidation sites excluding steroid dienone is 1. The van der Waals surface area contributed by atoms with Crippen molar-refractivity contribution in [3.8, 4) is 0 Å². The van der Waals surface area contributed by atoms with Crippen molar-refractivity contribution in [1.82, 2.24) is 0 Å². The molecule has 1 fully saturated rings. The molecule has 0 aliphatic heterocycles. The van der Waals surface area contributed by atoms with E-state index in [0.29, 0.717) is 0 Å². The minimum Gasteiger partial charge on any atom is -0.175 e. The van der Waals surface area contributed by atoms with Gasteiger partial charge in [-0.3, -0.25) is 0 Å². The monoisotopic (exact) mass is 240 g/mol. The molecule has 0 unspecified atom stereocenters.